The van der Waals surface area contributed by atoms with Gasteiger partial charge in [-0.25, -0.2) is 9.37 Å². The van der Waals surface area contributed by atoms with E-state index in [0.29, 0.717) is 5.13 Å². The van der Waals surface area contributed by atoms with Crippen LogP contribution >= 0.6 is 22.9 Å². The summed E-state index contributed by atoms with van der Waals surface area (Å²) in [5, 5.41) is 5.49. The molecule has 24 heavy (non-hydrogen) atoms. The first-order valence-electron chi connectivity index (χ1n) is 8.01. The number of likely N-dealkylation sites (tertiary alicyclic amines) is 1. The SMILES string of the molecule is O=C(Cc1c(F)cccc1Cl)Nc1nc(CN2CCCCC2)cs1. The van der Waals surface area contributed by atoms with Gasteiger partial charge in [0.15, 0.2) is 5.13 Å². The van der Waals surface area contributed by atoms with E-state index in [1.807, 2.05) is 5.38 Å². The van der Waals surface area contributed by atoms with Crippen LogP contribution in [0.4, 0.5) is 9.52 Å². The van der Waals surface area contributed by atoms with Gasteiger partial charge in [-0.2, -0.15) is 0 Å². The Morgan fingerprint density at radius 1 is 1.33 bits per heavy atom. The monoisotopic (exact) mass is 367 g/mol. The van der Waals surface area contributed by atoms with Gasteiger partial charge in [0.1, 0.15) is 5.82 Å². The molecule has 1 aromatic carbocycles. The molecule has 2 heterocycles. The molecule has 0 saturated carbocycles. The fourth-order valence-electron chi connectivity index (χ4n) is 2.81. The Morgan fingerprint density at radius 3 is 2.88 bits per heavy atom. The van der Waals surface area contributed by atoms with E-state index in [2.05, 4.69) is 15.2 Å². The molecule has 3 rings (SSSR count). The van der Waals surface area contributed by atoms with Crippen LogP contribution in [-0.4, -0.2) is 28.9 Å². The molecule has 1 saturated heterocycles. The van der Waals surface area contributed by atoms with Crippen molar-refractivity contribution in [3.63, 3.8) is 0 Å². The van der Waals surface area contributed by atoms with E-state index < -0.39 is 5.82 Å². The van der Waals surface area contributed by atoms with Gasteiger partial charge in [-0.15, -0.1) is 11.3 Å². The zero-order chi connectivity index (χ0) is 16.9. The van der Waals surface area contributed by atoms with Crippen LogP contribution in [0.2, 0.25) is 5.02 Å². The Balaban J connectivity index is 1.57. The average molecular weight is 368 g/mol. The molecule has 128 valence electrons. The maximum absolute atomic E-state index is 13.7. The van der Waals surface area contributed by atoms with E-state index in [0.717, 1.165) is 25.3 Å². The normalized spacial score (nSPS) is 15.4. The maximum Gasteiger partial charge on any atom is 0.230 e. The van der Waals surface area contributed by atoms with Gasteiger partial charge in [0.05, 0.1) is 12.1 Å². The molecule has 7 heteroatoms. The molecule has 2 aromatic rings. The number of anilines is 1. The van der Waals surface area contributed by atoms with Crippen LogP contribution in [0.25, 0.3) is 0 Å². The predicted molar refractivity (Wildman–Crippen MR) is 95.0 cm³/mol. The number of carbonyl (C=O) groups is 1. The van der Waals surface area contributed by atoms with E-state index >= 15 is 0 Å². The molecule has 0 atom stereocenters. The highest BCUT2D eigenvalue weighted by Crippen LogP contribution is 2.22. The number of piperidine rings is 1. The summed E-state index contributed by atoms with van der Waals surface area (Å²) >= 11 is 7.34. The average Bonchev–Trinajstić information content (AvgIpc) is 2.99. The second kappa shape index (κ2) is 8.05. The topological polar surface area (TPSA) is 45.2 Å². The van der Waals surface area contributed by atoms with Crippen LogP contribution in [0.1, 0.15) is 30.5 Å². The van der Waals surface area contributed by atoms with E-state index in [-0.39, 0.29) is 22.9 Å². The summed E-state index contributed by atoms with van der Waals surface area (Å²) in [5.74, 6) is -0.788. The molecule has 1 fully saturated rings. The highest BCUT2D eigenvalue weighted by Gasteiger charge is 2.15. The van der Waals surface area contributed by atoms with Crippen molar-refractivity contribution in [1.29, 1.82) is 0 Å². The van der Waals surface area contributed by atoms with E-state index in [1.54, 1.807) is 6.07 Å². The third kappa shape index (κ3) is 4.53. The van der Waals surface area contributed by atoms with Crippen molar-refractivity contribution in [1.82, 2.24) is 9.88 Å². The number of benzene rings is 1. The van der Waals surface area contributed by atoms with Gasteiger partial charge in [-0.1, -0.05) is 24.1 Å². The summed E-state index contributed by atoms with van der Waals surface area (Å²) < 4.78 is 13.7. The summed E-state index contributed by atoms with van der Waals surface area (Å²) in [5.41, 5.74) is 1.17. The van der Waals surface area contributed by atoms with Gasteiger partial charge >= 0.3 is 0 Å². The highest BCUT2D eigenvalue weighted by molar-refractivity contribution is 7.13. The fourth-order valence-corrected chi connectivity index (χ4v) is 3.76. The Bertz CT molecular complexity index is 695. The number of nitrogens with one attached hydrogen (secondary N) is 1. The largest absolute Gasteiger partial charge is 0.302 e. The van der Waals surface area contributed by atoms with Crippen LogP contribution in [0.15, 0.2) is 23.6 Å². The van der Waals surface area contributed by atoms with Gasteiger partial charge in [0.25, 0.3) is 0 Å². The number of hydrogen-bond donors (Lipinski definition) is 1. The molecule has 0 spiro atoms. The second-order valence-corrected chi connectivity index (χ2v) is 7.17. The van der Waals surface area contributed by atoms with Crippen molar-refractivity contribution in [2.75, 3.05) is 18.4 Å². The second-order valence-electron chi connectivity index (χ2n) is 5.91. The number of nitrogens with zero attached hydrogens (tertiary/aromatic N) is 2. The number of rotatable bonds is 5. The number of halogens is 2. The van der Waals surface area contributed by atoms with Crippen molar-refractivity contribution in [2.24, 2.45) is 0 Å². The lowest BCUT2D eigenvalue weighted by Gasteiger charge is -2.25. The Hall–Kier alpha value is -1.50. The molecule has 4 nitrogen and oxygen atoms in total. The highest BCUT2D eigenvalue weighted by atomic mass is 35.5. The fraction of sp³-hybridized carbons (Fsp3) is 0.412. The molecule has 1 aliphatic rings. The van der Waals surface area contributed by atoms with E-state index in [1.165, 1.54) is 42.7 Å². The first kappa shape index (κ1) is 17.3. The lowest BCUT2D eigenvalue weighted by molar-refractivity contribution is -0.115. The summed E-state index contributed by atoms with van der Waals surface area (Å²) in [4.78, 5) is 18.9. The first-order chi connectivity index (χ1) is 11.6. The molecule has 0 radical (unpaired) electrons. The molecule has 0 unspecified atom stereocenters. The lowest BCUT2D eigenvalue weighted by Crippen LogP contribution is -2.29. The molecule has 0 aliphatic carbocycles. The molecule has 1 N–H and O–H groups in total. The molecule has 1 aromatic heterocycles. The minimum Gasteiger partial charge on any atom is -0.302 e. The van der Waals surface area contributed by atoms with Crippen LogP contribution in [-0.2, 0) is 17.8 Å². The Labute approximate surface area is 149 Å². The van der Waals surface area contributed by atoms with Gasteiger partial charge in [-0.3, -0.25) is 9.69 Å². The van der Waals surface area contributed by atoms with E-state index in [9.17, 15) is 9.18 Å². The van der Waals surface area contributed by atoms with Crippen molar-refractivity contribution >= 4 is 34.0 Å². The quantitative estimate of drug-likeness (QED) is 0.865. The van der Waals surface area contributed by atoms with Gasteiger partial charge < -0.3 is 5.32 Å². The number of carbonyl (C=O) groups excluding carboxylic acids is 1. The maximum atomic E-state index is 13.7. The summed E-state index contributed by atoms with van der Waals surface area (Å²) in [6.07, 6.45) is 3.66. The van der Waals surface area contributed by atoms with Crippen LogP contribution in [0.5, 0.6) is 0 Å². The minimum absolute atomic E-state index is 0.105. The number of aromatic nitrogens is 1. The number of amides is 1. The molecular formula is C17H19ClFN3OS. The van der Waals surface area contributed by atoms with Crippen molar-refractivity contribution in [2.45, 2.75) is 32.2 Å². The van der Waals surface area contributed by atoms with Crippen molar-refractivity contribution in [3.8, 4) is 0 Å². The van der Waals surface area contributed by atoms with E-state index in [4.69, 9.17) is 11.6 Å². The Kier molecular flexibility index (Phi) is 5.81. The number of thiazole rings is 1. The third-order valence-corrected chi connectivity index (χ3v) is 5.19. The van der Waals surface area contributed by atoms with Gasteiger partial charge in [-0.05, 0) is 38.1 Å². The van der Waals surface area contributed by atoms with Crippen LogP contribution < -0.4 is 5.32 Å². The van der Waals surface area contributed by atoms with Gasteiger partial charge in [0.2, 0.25) is 5.91 Å². The lowest BCUT2D eigenvalue weighted by atomic mass is 10.1. The number of hydrogen-bond acceptors (Lipinski definition) is 4. The van der Waals surface area contributed by atoms with Crippen molar-refractivity contribution in [3.05, 3.63) is 45.7 Å². The molecule has 1 amide bonds. The zero-order valence-electron chi connectivity index (χ0n) is 13.2. The summed E-state index contributed by atoms with van der Waals surface area (Å²) in [7, 11) is 0. The standard InChI is InChI=1S/C17H19ClFN3OS/c18-14-5-4-6-15(19)13(14)9-16(23)21-17-20-12(11-24-17)10-22-7-2-1-3-8-22/h4-6,11H,1-3,7-10H2,(H,20,21,23). The summed E-state index contributed by atoms with van der Waals surface area (Å²) in [6, 6.07) is 4.40. The zero-order valence-corrected chi connectivity index (χ0v) is 14.8. The summed E-state index contributed by atoms with van der Waals surface area (Å²) in [6.45, 7) is 3.02. The first-order valence-corrected chi connectivity index (χ1v) is 9.27. The molecule has 0 bridgehead atoms. The third-order valence-electron chi connectivity index (χ3n) is 4.03. The predicted octanol–water partition coefficient (Wildman–Crippen LogP) is 4.10. The smallest absolute Gasteiger partial charge is 0.230 e. The Morgan fingerprint density at radius 2 is 2.12 bits per heavy atom. The molecular weight excluding hydrogens is 349 g/mol. The van der Waals surface area contributed by atoms with Crippen LogP contribution in [0, 0.1) is 5.82 Å². The van der Waals surface area contributed by atoms with Crippen LogP contribution in [0.3, 0.4) is 0 Å². The molecule has 1 aliphatic heterocycles. The van der Waals surface area contributed by atoms with Gasteiger partial charge in [0, 0.05) is 22.5 Å². The van der Waals surface area contributed by atoms with Crippen molar-refractivity contribution < 1.29 is 9.18 Å². The minimum atomic E-state index is -0.470.